The second kappa shape index (κ2) is 6.62. The van der Waals surface area contributed by atoms with Crippen LogP contribution in [0.4, 0.5) is 0 Å². The van der Waals surface area contributed by atoms with Gasteiger partial charge in [0, 0.05) is 11.4 Å². The molecule has 1 aromatic carbocycles. The molecule has 1 fully saturated rings. The Kier molecular flexibility index (Phi) is 4.12. The average molecular weight is 369 g/mol. The van der Waals surface area contributed by atoms with E-state index >= 15 is 0 Å². The number of aryl methyl sites for hydroxylation is 2. The van der Waals surface area contributed by atoms with Gasteiger partial charge in [-0.2, -0.15) is 0 Å². The fourth-order valence-electron chi connectivity index (χ4n) is 4.36. The van der Waals surface area contributed by atoms with Crippen LogP contribution in [-0.2, 0) is 12.8 Å². The number of ether oxygens (including phenoxy) is 2. The summed E-state index contributed by atoms with van der Waals surface area (Å²) in [5.74, 6) is 1.81. The fourth-order valence-corrected chi connectivity index (χ4v) is 5.57. The molecule has 3 heterocycles. The lowest BCUT2D eigenvalue weighted by molar-refractivity contribution is 0.0740. The smallest absolute Gasteiger partial charge is 0.264 e. The minimum Gasteiger partial charge on any atom is -0.486 e. The Morgan fingerprint density at radius 3 is 2.77 bits per heavy atom. The third-order valence-electron chi connectivity index (χ3n) is 5.67. The van der Waals surface area contributed by atoms with Crippen molar-refractivity contribution in [1.29, 1.82) is 0 Å². The fraction of sp³-hybridized carbons (Fsp3) is 0.476. The first kappa shape index (κ1) is 16.2. The summed E-state index contributed by atoms with van der Waals surface area (Å²) in [6, 6.07) is 8.42. The monoisotopic (exact) mass is 369 g/mol. The van der Waals surface area contributed by atoms with Crippen molar-refractivity contribution in [3.8, 4) is 11.5 Å². The van der Waals surface area contributed by atoms with E-state index in [1.807, 2.05) is 6.07 Å². The summed E-state index contributed by atoms with van der Waals surface area (Å²) < 4.78 is 11.4. The Bertz CT molecular complexity index is 820. The normalized spacial score (nSPS) is 21.5. The molecule has 136 valence electrons. The van der Waals surface area contributed by atoms with Gasteiger partial charge in [-0.3, -0.25) is 4.79 Å². The highest BCUT2D eigenvalue weighted by molar-refractivity contribution is 7.14. The Hall–Kier alpha value is -2.01. The zero-order valence-electron chi connectivity index (χ0n) is 14.8. The van der Waals surface area contributed by atoms with Crippen LogP contribution in [0.1, 0.15) is 57.4 Å². The van der Waals surface area contributed by atoms with Crippen molar-refractivity contribution >= 4 is 17.2 Å². The predicted octanol–water partition coefficient (Wildman–Crippen LogP) is 4.38. The number of carbonyl (C=O) groups is 1. The third kappa shape index (κ3) is 2.78. The molecule has 1 amide bonds. The van der Waals surface area contributed by atoms with Crippen LogP contribution in [0.25, 0.3) is 0 Å². The molecular formula is C21H23NO3S. The van der Waals surface area contributed by atoms with E-state index < -0.39 is 0 Å². The van der Waals surface area contributed by atoms with Gasteiger partial charge in [0.2, 0.25) is 0 Å². The number of thiophene rings is 1. The van der Waals surface area contributed by atoms with Crippen molar-refractivity contribution in [3.05, 3.63) is 45.1 Å². The van der Waals surface area contributed by atoms with Gasteiger partial charge >= 0.3 is 0 Å². The average Bonchev–Trinajstić information content (AvgIpc) is 3.34. The number of hydrogen-bond acceptors (Lipinski definition) is 4. The molecule has 0 radical (unpaired) electrons. The number of carbonyl (C=O) groups excluding carboxylic acids is 1. The van der Waals surface area contributed by atoms with Gasteiger partial charge in [0.15, 0.2) is 11.5 Å². The molecule has 1 unspecified atom stereocenters. The lowest BCUT2D eigenvalue weighted by Gasteiger charge is -2.26. The summed E-state index contributed by atoms with van der Waals surface area (Å²) in [6.45, 7) is 2.02. The number of hydrogen-bond donors (Lipinski definition) is 0. The van der Waals surface area contributed by atoms with Crippen molar-refractivity contribution < 1.29 is 14.3 Å². The molecule has 0 spiro atoms. The Labute approximate surface area is 157 Å². The number of amides is 1. The molecule has 2 aromatic rings. The molecule has 1 atom stereocenters. The van der Waals surface area contributed by atoms with Gasteiger partial charge in [0.1, 0.15) is 13.2 Å². The highest BCUT2D eigenvalue weighted by atomic mass is 32.1. The van der Waals surface area contributed by atoms with E-state index in [9.17, 15) is 4.79 Å². The number of rotatable bonds is 2. The van der Waals surface area contributed by atoms with Gasteiger partial charge in [-0.15, -0.1) is 11.3 Å². The molecule has 3 aliphatic rings. The summed E-state index contributed by atoms with van der Waals surface area (Å²) in [6.07, 6.45) is 6.83. The molecule has 1 aliphatic carbocycles. The van der Waals surface area contributed by atoms with Crippen LogP contribution in [0.2, 0.25) is 0 Å². The Morgan fingerprint density at radius 2 is 1.88 bits per heavy atom. The maximum Gasteiger partial charge on any atom is 0.264 e. The maximum atomic E-state index is 13.2. The molecule has 1 aromatic heterocycles. The number of fused-ring (bicyclic) bond motifs is 2. The van der Waals surface area contributed by atoms with Crippen LogP contribution in [0.15, 0.2) is 24.3 Å². The second-order valence-electron chi connectivity index (χ2n) is 7.33. The predicted molar refractivity (Wildman–Crippen MR) is 101 cm³/mol. The summed E-state index contributed by atoms with van der Waals surface area (Å²) in [5.41, 5.74) is 2.56. The van der Waals surface area contributed by atoms with Crippen molar-refractivity contribution in [2.45, 2.75) is 44.6 Å². The molecule has 4 nitrogen and oxygen atoms in total. The Balaban J connectivity index is 1.41. The molecule has 0 saturated carbocycles. The molecule has 5 rings (SSSR count). The summed E-state index contributed by atoms with van der Waals surface area (Å²) in [7, 11) is 0. The molecular weight excluding hydrogens is 346 g/mol. The van der Waals surface area contributed by atoms with E-state index in [1.165, 1.54) is 23.3 Å². The third-order valence-corrected chi connectivity index (χ3v) is 6.90. The van der Waals surface area contributed by atoms with E-state index in [0.717, 1.165) is 54.2 Å². The number of nitrogens with zero attached hydrogens (tertiary/aromatic N) is 1. The highest BCUT2D eigenvalue weighted by Crippen LogP contribution is 2.39. The molecule has 2 aliphatic heterocycles. The topological polar surface area (TPSA) is 38.8 Å². The van der Waals surface area contributed by atoms with Crippen LogP contribution in [0, 0.1) is 0 Å². The van der Waals surface area contributed by atoms with Gasteiger partial charge in [-0.25, -0.2) is 0 Å². The molecule has 0 bridgehead atoms. The first-order valence-electron chi connectivity index (χ1n) is 9.62. The van der Waals surface area contributed by atoms with E-state index in [2.05, 4.69) is 23.1 Å². The zero-order valence-corrected chi connectivity index (χ0v) is 15.6. The number of benzene rings is 1. The van der Waals surface area contributed by atoms with Crippen molar-refractivity contribution in [3.63, 3.8) is 0 Å². The van der Waals surface area contributed by atoms with Crippen LogP contribution in [0.5, 0.6) is 11.5 Å². The van der Waals surface area contributed by atoms with Crippen LogP contribution < -0.4 is 9.47 Å². The maximum absolute atomic E-state index is 13.2. The van der Waals surface area contributed by atoms with E-state index in [4.69, 9.17) is 9.47 Å². The first-order valence-corrected chi connectivity index (χ1v) is 10.4. The number of likely N-dealkylation sites (tertiary alicyclic amines) is 1. The van der Waals surface area contributed by atoms with Gasteiger partial charge in [0.05, 0.1) is 10.9 Å². The zero-order chi connectivity index (χ0) is 17.5. The molecule has 0 N–H and O–H groups in total. The highest BCUT2D eigenvalue weighted by Gasteiger charge is 2.32. The van der Waals surface area contributed by atoms with Crippen molar-refractivity contribution in [1.82, 2.24) is 4.90 Å². The van der Waals surface area contributed by atoms with Crippen molar-refractivity contribution in [2.24, 2.45) is 0 Å². The largest absolute Gasteiger partial charge is 0.486 e. The van der Waals surface area contributed by atoms with Gasteiger partial charge in [-0.1, -0.05) is 6.07 Å². The lowest BCUT2D eigenvalue weighted by atomic mass is 9.99. The quantitative estimate of drug-likeness (QED) is 0.789. The van der Waals surface area contributed by atoms with E-state index in [0.29, 0.717) is 13.2 Å². The first-order chi connectivity index (χ1) is 12.8. The summed E-state index contributed by atoms with van der Waals surface area (Å²) >= 11 is 1.71. The van der Waals surface area contributed by atoms with Crippen molar-refractivity contribution in [2.75, 3.05) is 19.8 Å². The molecule has 26 heavy (non-hydrogen) atoms. The van der Waals surface area contributed by atoms with Crippen LogP contribution >= 0.6 is 11.3 Å². The van der Waals surface area contributed by atoms with Crippen LogP contribution in [-0.4, -0.2) is 30.6 Å². The minimum atomic E-state index is 0.137. The SMILES string of the molecule is O=C(c1cc2c(s1)CCCC2)N1CCCC1c1ccc2c(c1)OCCO2. The second-order valence-corrected chi connectivity index (χ2v) is 8.46. The lowest BCUT2D eigenvalue weighted by Crippen LogP contribution is -2.30. The molecule has 5 heteroatoms. The summed E-state index contributed by atoms with van der Waals surface area (Å²) in [5, 5.41) is 0. The van der Waals surface area contributed by atoms with E-state index in [-0.39, 0.29) is 11.9 Å². The molecule has 1 saturated heterocycles. The Morgan fingerprint density at radius 1 is 1.04 bits per heavy atom. The summed E-state index contributed by atoms with van der Waals surface area (Å²) in [4.78, 5) is 17.6. The van der Waals surface area contributed by atoms with Gasteiger partial charge < -0.3 is 14.4 Å². The van der Waals surface area contributed by atoms with Gasteiger partial charge in [0.25, 0.3) is 5.91 Å². The standard InChI is InChI=1S/C21H23NO3S/c23-21(20-13-15-4-1-2-6-19(15)26-20)22-9-3-5-16(22)14-7-8-17-18(12-14)25-11-10-24-17/h7-8,12-13,16H,1-6,9-11H2. The minimum absolute atomic E-state index is 0.137. The van der Waals surface area contributed by atoms with Gasteiger partial charge in [-0.05, 0) is 67.9 Å². The van der Waals surface area contributed by atoms with Crippen LogP contribution in [0.3, 0.4) is 0 Å². The van der Waals surface area contributed by atoms with E-state index in [1.54, 1.807) is 11.3 Å².